The number of aromatic amines is 1. The maximum Gasteiger partial charge on any atom is 0.161 e. The van der Waals surface area contributed by atoms with Gasteiger partial charge in [-0.15, -0.1) is 5.10 Å². The summed E-state index contributed by atoms with van der Waals surface area (Å²) >= 11 is 4.15. The van der Waals surface area contributed by atoms with Crippen molar-refractivity contribution in [3.63, 3.8) is 0 Å². The van der Waals surface area contributed by atoms with Gasteiger partial charge in [0.25, 0.3) is 0 Å². The van der Waals surface area contributed by atoms with Gasteiger partial charge in [0, 0.05) is 0 Å². The third-order valence-electron chi connectivity index (χ3n) is 0.951. The van der Waals surface area contributed by atoms with Gasteiger partial charge in [0.05, 0.1) is 5.25 Å². The third kappa shape index (κ3) is 1.41. The fourth-order valence-electron chi connectivity index (χ4n) is 0.444. The Balaban J connectivity index is 2.65. The van der Waals surface area contributed by atoms with Gasteiger partial charge in [-0.25, -0.2) is 5.10 Å². The summed E-state index contributed by atoms with van der Waals surface area (Å²) in [6.07, 6.45) is 0.681. The topological polar surface area (TPSA) is 54.5 Å². The Kier molecular flexibility index (Phi) is 2.05. The molecule has 1 rings (SSSR count). The molecule has 9 heavy (non-hydrogen) atoms. The van der Waals surface area contributed by atoms with Crippen LogP contribution in [0.15, 0.2) is 0 Å². The first-order valence-corrected chi connectivity index (χ1v) is 3.07. The largest absolute Gasteiger partial charge is 0.242 e. The van der Waals surface area contributed by atoms with Gasteiger partial charge in [-0.3, -0.25) is 0 Å². The van der Waals surface area contributed by atoms with Gasteiger partial charge in [-0.05, 0) is 16.8 Å². The number of tetrazole rings is 1. The van der Waals surface area contributed by atoms with Crippen molar-refractivity contribution in [2.24, 2.45) is 0 Å². The molecule has 1 unspecified atom stereocenters. The van der Waals surface area contributed by atoms with Crippen molar-refractivity contribution >= 4 is 12.6 Å². The van der Waals surface area contributed by atoms with E-state index in [1.165, 1.54) is 0 Å². The summed E-state index contributed by atoms with van der Waals surface area (Å²) in [5.41, 5.74) is 0. The Bertz CT molecular complexity index is 161. The molecule has 0 aliphatic rings. The van der Waals surface area contributed by atoms with Crippen molar-refractivity contribution in [1.82, 2.24) is 20.6 Å². The zero-order chi connectivity index (χ0) is 6.69. The van der Waals surface area contributed by atoms with E-state index in [4.69, 9.17) is 0 Å². The molecule has 1 radical (unpaired) electrons. The van der Waals surface area contributed by atoms with Crippen molar-refractivity contribution in [3.8, 4) is 0 Å². The van der Waals surface area contributed by atoms with Crippen LogP contribution in [0.5, 0.6) is 0 Å². The van der Waals surface area contributed by atoms with E-state index in [-0.39, 0.29) is 5.25 Å². The van der Waals surface area contributed by atoms with E-state index >= 15 is 0 Å². The predicted octanol–water partition coefficient (Wildman–Crippen LogP) is 0.395. The van der Waals surface area contributed by atoms with Crippen molar-refractivity contribution in [1.29, 1.82) is 0 Å². The Morgan fingerprint density at radius 3 is 3.00 bits per heavy atom. The molecule has 49 valence electrons. The van der Waals surface area contributed by atoms with E-state index in [0.29, 0.717) is 12.2 Å². The molecule has 1 atom stereocenters. The van der Waals surface area contributed by atoms with Crippen LogP contribution in [-0.2, 0) is 0 Å². The van der Waals surface area contributed by atoms with Crippen LogP contribution in [0.25, 0.3) is 0 Å². The molecular formula is C4H7N4S. The van der Waals surface area contributed by atoms with E-state index in [2.05, 4.69) is 40.2 Å². The van der Waals surface area contributed by atoms with Gasteiger partial charge < -0.3 is 0 Å². The Hall–Kier alpha value is -0.580. The van der Waals surface area contributed by atoms with E-state index in [9.17, 15) is 0 Å². The number of aromatic nitrogens is 4. The van der Waals surface area contributed by atoms with Crippen LogP contribution in [-0.4, -0.2) is 20.6 Å². The van der Waals surface area contributed by atoms with Gasteiger partial charge in [0.1, 0.15) is 0 Å². The summed E-state index contributed by atoms with van der Waals surface area (Å²) in [7, 11) is 0. The van der Waals surface area contributed by atoms with Gasteiger partial charge in [0.15, 0.2) is 5.82 Å². The molecule has 5 heteroatoms. The molecule has 0 spiro atoms. The van der Waals surface area contributed by atoms with Crippen LogP contribution in [0.1, 0.15) is 17.5 Å². The lowest BCUT2D eigenvalue weighted by Gasteiger charge is -1.97. The van der Waals surface area contributed by atoms with Gasteiger partial charge >= 0.3 is 0 Å². The predicted molar refractivity (Wildman–Crippen MR) is 35.9 cm³/mol. The molecule has 0 saturated carbocycles. The fourth-order valence-corrected chi connectivity index (χ4v) is 0.554. The highest BCUT2D eigenvalue weighted by Gasteiger charge is 2.05. The molecule has 0 aromatic carbocycles. The SMILES string of the molecule is [CH2]CC(S)c1nnn[nH]1. The molecule has 4 nitrogen and oxygen atoms in total. The van der Waals surface area contributed by atoms with Crippen LogP contribution < -0.4 is 0 Å². The molecule has 1 aromatic rings. The number of nitrogens with one attached hydrogen (secondary N) is 1. The summed E-state index contributed by atoms with van der Waals surface area (Å²) in [6, 6.07) is 0. The zero-order valence-electron chi connectivity index (χ0n) is 4.78. The van der Waals surface area contributed by atoms with Gasteiger partial charge in [-0.2, -0.15) is 12.6 Å². The molecule has 0 fully saturated rings. The van der Waals surface area contributed by atoms with Crippen LogP contribution in [0.3, 0.4) is 0 Å². The van der Waals surface area contributed by atoms with Gasteiger partial charge in [0.2, 0.25) is 0 Å². The second-order valence-electron chi connectivity index (χ2n) is 1.59. The number of hydrogen-bond donors (Lipinski definition) is 2. The highest BCUT2D eigenvalue weighted by molar-refractivity contribution is 7.80. The van der Waals surface area contributed by atoms with E-state index in [1.807, 2.05) is 0 Å². The number of rotatable bonds is 2. The third-order valence-corrected chi connectivity index (χ3v) is 1.45. The zero-order valence-corrected chi connectivity index (χ0v) is 5.67. The average Bonchev–Trinajstić information content (AvgIpc) is 2.37. The quantitative estimate of drug-likeness (QED) is 0.589. The number of nitrogens with zero attached hydrogens (tertiary/aromatic N) is 3. The lowest BCUT2D eigenvalue weighted by molar-refractivity contribution is 0.867. The maximum absolute atomic E-state index is 4.15. The number of H-pyrrole nitrogens is 1. The molecular weight excluding hydrogens is 136 g/mol. The van der Waals surface area contributed by atoms with Crippen molar-refractivity contribution in [2.45, 2.75) is 11.7 Å². The molecule has 1 heterocycles. The normalized spacial score (nSPS) is 13.6. The molecule has 0 aliphatic heterocycles. The van der Waals surface area contributed by atoms with Crippen LogP contribution >= 0.6 is 12.6 Å². The Morgan fingerprint density at radius 2 is 2.56 bits per heavy atom. The first-order chi connectivity index (χ1) is 4.34. The maximum atomic E-state index is 4.15. The van der Waals surface area contributed by atoms with E-state index < -0.39 is 0 Å². The highest BCUT2D eigenvalue weighted by atomic mass is 32.1. The first kappa shape index (κ1) is 6.54. The second kappa shape index (κ2) is 2.82. The van der Waals surface area contributed by atoms with E-state index in [1.54, 1.807) is 0 Å². The lowest BCUT2D eigenvalue weighted by atomic mass is 10.3. The molecule has 0 aliphatic carbocycles. The number of thiol groups is 1. The van der Waals surface area contributed by atoms with Crippen LogP contribution in [0.4, 0.5) is 0 Å². The minimum absolute atomic E-state index is 0.0278. The molecule has 0 saturated heterocycles. The highest BCUT2D eigenvalue weighted by Crippen LogP contribution is 2.16. The minimum Gasteiger partial charge on any atom is -0.242 e. The molecule has 1 N–H and O–H groups in total. The van der Waals surface area contributed by atoms with Gasteiger partial charge in [-0.1, -0.05) is 6.92 Å². The second-order valence-corrected chi connectivity index (χ2v) is 2.21. The average molecular weight is 143 g/mol. The first-order valence-electron chi connectivity index (χ1n) is 2.55. The van der Waals surface area contributed by atoms with Crippen molar-refractivity contribution < 1.29 is 0 Å². The smallest absolute Gasteiger partial charge is 0.161 e. The van der Waals surface area contributed by atoms with Crippen molar-refractivity contribution in [2.75, 3.05) is 0 Å². The summed E-state index contributed by atoms with van der Waals surface area (Å²) in [5, 5.41) is 13.1. The monoisotopic (exact) mass is 143 g/mol. The van der Waals surface area contributed by atoms with Crippen LogP contribution in [0.2, 0.25) is 0 Å². The Labute approximate surface area is 58.5 Å². The lowest BCUT2D eigenvalue weighted by Crippen LogP contribution is -1.90. The molecule has 0 amide bonds. The summed E-state index contributed by atoms with van der Waals surface area (Å²) < 4.78 is 0. The van der Waals surface area contributed by atoms with Crippen molar-refractivity contribution in [3.05, 3.63) is 12.7 Å². The standard InChI is InChI=1S/C4H7N4S/c1-2-3(9)4-5-7-8-6-4/h3,9H,1-2H2,(H,5,6,7,8). The van der Waals surface area contributed by atoms with Crippen LogP contribution in [0, 0.1) is 6.92 Å². The summed E-state index contributed by atoms with van der Waals surface area (Å²) in [5.74, 6) is 0.674. The minimum atomic E-state index is 0.0278. The summed E-state index contributed by atoms with van der Waals surface area (Å²) in [6.45, 7) is 3.65. The number of hydrogen-bond acceptors (Lipinski definition) is 4. The Morgan fingerprint density at radius 1 is 1.78 bits per heavy atom. The van der Waals surface area contributed by atoms with E-state index in [0.717, 1.165) is 0 Å². The fraction of sp³-hybridized carbons (Fsp3) is 0.500. The molecule has 0 bridgehead atoms. The molecule has 1 aromatic heterocycles. The summed E-state index contributed by atoms with van der Waals surface area (Å²) in [4.78, 5) is 0.